The number of rotatable bonds is 5. The first-order valence-electron chi connectivity index (χ1n) is 6.65. The highest BCUT2D eigenvalue weighted by atomic mass is 32.2. The number of thioether (sulfide) groups is 1. The molecule has 0 amide bonds. The molecule has 1 N–H and O–H groups in total. The van der Waals surface area contributed by atoms with E-state index in [-0.39, 0.29) is 0 Å². The fraction of sp³-hybridized carbons (Fsp3) is 0.857. The maximum absolute atomic E-state index is 4.18. The Morgan fingerprint density at radius 2 is 2.12 bits per heavy atom. The molecule has 2 nitrogen and oxygen atoms in total. The van der Waals surface area contributed by atoms with E-state index in [2.05, 4.69) is 56.3 Å². The van der Waals surface area contributed by atoms with Crippen molar-refractivity contribution in [3.05, 3.63) is 12.2 Å². The van der Waals surface area contributed by atoms with E-state index < -0.39 is 0 Å². The first kappa shape index (κ1) is 15.1. The Bertz CT molecular complexity index is 249. The van der Waals surface area contributed by atoms with Gasteiger partial charge in [-0.2, -0.15) is 11.8 Å². The van der Waals surface area contributed by atoms with Crippen LogP contribution in [-0.2, 0) is 0 Å². The van der Waals surface area contributed by atoms with E-state index >= 15 is 0 Å². The second-order valence-corrected chi connectivity index (χ2v) is 7.72. The third-order valence-electron chi connectivity index (χ3n) is 3.14. The molecule has 0 aliphatic carbocycles. The maximum atomic E-state index is 4.18. The second-order valence-electron chi connectivity index (χ2n) is 5.92. The Morgan fingerprint density at radius 3 is 2.76 bits per heavy atom. The molecule has 0 spiro atoms. The first-order chi connectivity index (χ1) is 7.89. The molecule has 0 radical (unpaired) electrons. The van der Waals surface area contributed by atoms with E-state index in [0.29, 0.717) is 10.8 Å². The van der Waals surface area contributed by atoms with Crippen molar-refractivity contribution in [1.82, 2.24) is 10.2 Å². The molecule has 1 saturated heterocycles. The molecule has 1 heterocycles. The third-order valence-corrected chi connectivity index (χ3v) is 4.51. The van der Waals surface area contributed by atoms with Crippen LogP contribution < -0.4 is 5.32 Å². The van der Waals surface area contributed by atoms with Crippen LogP contribution in [0.5, 0.6) is 0 Å². The SMILES string of the molecule is C=C(CNC(C)C)CN1CCSC(C)(C)CC1. The van der Waals surface area contributed by atoms with Crippen LogP contribution in [0.3, 0.4) is 0 Å². The van der Waals surface area contributed by atoms with Gasteiger partial charge in [-0.15, -0.1) is 0 Å². The summed E-state index contributed by atoms with van der Waals surface area (Å²) in [5, 5.41) is 3.44. The van der Waals surface area contributed by atoms with E-state index in [1.807, 2.05) is 0 Å². The Morgan fingerprint density at radius 1 is 1.41 bits per heavy atom. The second kappa shape index (κ2) is 6.81. The Hall–Kier alpha value is 0.0100. The summed E-state index contributed by atoms with van der Waals surface area (Å²) in [7, 11) is 0. The van der Waals surface area contributed by atoms with Crippen LogP contribution in [0.1, 0.15) is 34.1 Å². The summed E-state index contributed by atoms with van der Waals surface area (Å²) in [6, 6.07) is 0.547. The van der Waals surface area contributed by atoms with Crippen LogP contribution in [-0.4, -0.2) is 47.6 Å². The number of nitrogens with zero attached hydrogens (tertiary/aromatic N) is 1. The average Bonchev–Trinajstić information content (AvgIpc) is 2.37. The van der Waals surface area contributed by atoms with Gasteiger partial charge in [-0.1, -0.05) is 34.3 Å². The Labute approximate surface area is 111 Å². The minimum atomic E-state index is 0.451. The van der Waals surface area contributed by atoms with E-state index in [9.17, 15) is 0 Å². The van der Waals surface area contributed by atoms with Gasteiger partial charge in [-0.25, -0.2) is 0 Å². The zero-order chi connectivity index (χ0) is 12.9. The molecular weight excluding hydrogens is 228 g/mol. The van der Waals surface area contributed by atoms with Crippen LogP contribution in [0.15, 0.2) is 12.2 Å². The van der Waals surface area contributed by atoms with Gasteiger partial charge < -0.3 is 5.32 Å². The smallest absolute Gasteiger partial charge is 0.0203 e. The zero-order valence-corrected chi connectivity index (χ0v) is 12.7. The summed E-state index contributed by atoms with van der Waals surface area (Å²) >= 11 is 2.10. The summed E-state index contributed by atoms with van der Waals surface area (Å²) in [6.45, 7) is 17.7. The molecule has 0 saturated carbocycles. The van der Waals surface area contributed by atoms with Crippen molar-refractivity contribution >= 4 is 11.8 Å². The van der Waals surface area contributed by atoms with Gasteiger partial charge in [0.1, 0.15) is 0 Å². The molecule has 0 bridgehead atoms. The van der Waals surface area contributed by atoms with Crippen molar-refractivity contribution in [3.8, 4) is 0 Å². The Kier molecular flexibility index (Phi) is 6.04. The van der Waals surface area contributed by atoms with Gasteiger partial charge in [0, 0.05) is 36.2 Å². The lowest BCUT2D eigenvalue weighted by Gasteiger charge is -2.23. The van der Waals surface area contributed by atoms with Crippen molar-refractivity contribution in [3.63, 3.8) is 0 Å². The van der Waals surface area contributed by atoms with Gasteiger partial charge in [-0.05, 0) is 18.5 Å². The van der Waals surface area contributed by atoms with Gasteiger partial charge in [0.2, 0.25) is 0 Å². The van der Waals surface area contributed by atoms with E-state index in [1.165, 1.54) is 30.8 Å². The molecule has 17 heavy (non-hydrogen) atoms. The lowest BCUT2D eigenvalue weighted by Crippen LogP contribution is -2.33. The number of hydrogen-bond acceptors (Lipinski definition) is 3. The Balaban J connectivity index is 2.29. The summed E-state index contributed by atoms with van der Waals surface area (Å²) < 4.78 is 0.451. The summed E-state index contributed by atoms with van der Waals surface area (Å²) in [4.78, 5) is 2.55. The highest BCUT2D eigenvalue weighted by Gasteiger charge is 2.23. The van der Waals surface area contributed by atoms with Gasteiger partial charge in [-0.3, -0.25) is 4.90 Å². The van der Waals surface area contributed by atoms with Gasteiger partial charge >= 0.3 is 0 Å². The molecule has 100 valence electrons. The summed E-state index contributed by atoms with van der Waals surface area (Å²) in [5.74, 6) is 1.25. The van der Waals surface area contributed by atoms with Gasteiger partial charge in [0.05, 0.1) is 0 Å². The molecule has 0 aromatic heterocycles. The molecule has 1 aliphatic rings. The third kappa shape index (κ3) is 6.49. The highest BCUT2D eigenvalue weighted by molar-refractivity contribution is 8.00. The highest BCUT2D eigenvalue weighted by Crippen LogP contribution is 2.30. The summed E-state index contributed by atoms with van der Waals surface area (Å²) in [6.07, 6.45) is 1.28. The molecular formula is C14H28N2S. The largest absolute Gasteiger partial charge is 0.311 e. The van der Waals surface area contributed by atoms with Gasteiger partial charge in [0.15, 0.2) is 0 Å². The average molecular weight is 256 g/mol. The van der Waals surface area contributed by atoms with Crippen LogP contribution in [0, 0.1) is 0 Å². The molecule has 1 aliphatic heterocycles. The topological polar surface area (TPSA) is 15.3 Å². The minimum Gasteiger partial charge on any atom is -0.311 e. The van der Waals surface area contributed by atoms with Crippen LogP contribution in [0.2, 0.25) is 0 Å². The van der Waals surface area contributed by atoms with E-state index in [0.717, 1.165) is 13.1 Å². The predicted molar refractivity (Wildman–Crippen MR) is 79.9 cm³/mol. The fourth-order valence-corrected chi connectivity index (χ4v) is 3.08. The monoisotopic (exact) mass is 256 g/mol. The predicted octanol–water partition coefficient (Wildman–Crippen LogP) is 2.76. The summed E-state index contributed by atoms with van der Waals surface area (Å²) in [5.41, 5.74) is 1.31. The van der Waals surface area contributed by atoms with Crippen molar-refractivity contribution in [1.29, 1.82) is 0 Å². The normalized spacial score (nSPS) is 21.5. The number of hydrogen-bond donors (Lipinski definition) is 1. The molecule has 0 aromatic rings. The molecule has 3 heteroatoms. The van der Waals surface area contributed by atoms with Crippen LogP contribution >= 0.6 is 11.8 Å². The maximum Gasteiger partial charge on any atom is 0.0203 e. The van der Waals surface area contributed by atoms with Crippen molar-refractivity contribution in [2.24, 2.45) is 0 Å². The van der Waals surface area contributed by atoms with Crippen LogP contribution in [0.25, 0.3) is 0 Å². The standard InChI is InChI=1S/C14H28N2S/c1-12(2)15-10-13(3)11-16-7-6-14(4,5)17-9-8-16/h12,15H,3,6-11H2,1-2,4-5H3. The molecule has 0 unspecified atom stereocenters. The first-order valence-corrected chi connectivity index (χ1v) is 7.64. The zero-order valence-electron chi connectivity index (χ0n) is 11.9. The molecule has 0 aromatic carbocycles. The minimum absolute atomic E-state index is 0.451. The fourth-order valence-electron chi connectivity index (χ4n) is 1.94. The quantitative estimate of drug-likeness (QED) is 0.762. The van der Waals surface area contributed by atoms with Crippen molar-refractivity contribution < 1.29 is 0 Å². The molecule has 1 rings (SSSR count). The van der Waals surface area contributed by atoms with Crippen molar-refractivity contribution in [2.75, 3.05) is 31.9 Å². The lowest BCUT2D eigenvalue weighted by molar-refractivity contribution is 0.304. The van der Waals surface area contributed by atoms with Crippen molar-refractivity contribution in [2.45, 2.75) is 44.9 Å². The molecule has 1 fully saturated rings. The van der Waals surface area contributed by atoms with E-state index in [1.54, 1.807) is 0 Å². The van der Waals surface area contributed by atoms with Crippen LogP contribution in [0.4, 0.5) is 0 Å². The number of nitrogens with one attached hydrogen (secondary N) is 1. The van der Waals surface area contributed by atoms with Gasteiger partial charge in [0.25, 0.3) is 0 Å². The molecule has 0 atom stereocenters. The lowest BCUT2D eigenvalue weighted by atomic mass is 10.1. The van der Waals surface area contributed by atoms with E-state index in [4.69, 9.17) is 0 Å².